The molecule has 0 rings (SSSR count). The fourth-order valence-electron chi connectivity index (χ4n) is 0.616. The Bertz CT molecular complexity index is 72.9. The van der Waals surface area contributed by atoms with Crippen LogP contribution in [-0.4, -0.2) is 19.5 Å². The fraction of sp³-hybridized carbons (Fsp3) is 1.00. The molecule has 0 aliphatic rings. The number of hydrogen-bond acceptors (Lipinski definition) is 0. The molecule has 0 N–H and O–H groups in total. The second-order valence-corrected chi connectivity index (χ2v) is 23.9. The SMILES string of the molecule is CCCP(C)(C)(Br)Br. The fourth-order valence-corrected chi connectivity index (χ4v) is 3.98. The van der Waals surface area contributed by atoms with Crippen molar-refractivity contribution in [1.82, 2.24) is 0 Å². The van der Waals surface area contributed by atoms with Gasteiger partial charge >= 0.3 is 67.8 Å². The van der Waals surface area contributed by atoms with Crippen LogP contribution >= 0.6 is 35.0 Å². The van der Waals surface area contributed by atoms with Crippen molar-refractivity contribution in [1.29, 1.82) is 0 Å². The molecule has 8 heavy (non-hydrogen) atoms. The monoisotopic (exact) mass is 262 g/mol. The second kappa shape index (κ2) is 2.56. The summed E-state index contributed by atoms with van der Waals surface area (Å²) in [5.41, 5.74) is 0. The van der Waals surface area contributed by atoms with Gasteiger partial charge in [-0.1, -0.05) is 0 Å². The predicted molar refractivity (Wildman–Crippen MR) is 51.8 cm³/mol. The van der Waals surface area contributed by atoms with Crippen LogP contribution in [-0.2, 0) is 0 Å². The average Bonchev–Trinajstić information content (AvgIpc) is 1.25. The quantitative estimate of drug-likeness (QED) is 0.665. The van der Waals surface area contributed by atoms with Crippen LogP contribution in [0, 0.1) is 0 Å². The number of hydrogen-bond donors (Lipinski definition) is 0. The van der Waals surface area contributed by atoms with Crippen molar-refractivity contribution in [3.05, 3.63) is 0 Å². The molecule has 0 aromatic rings. The molecule has 0 saturated carbocycles. The number of halogens is 2. The maximum absolute atomic E-state index is 3.69. The first kappa shape index (κ1) is 9.39. The van der Waals surface area contributed by atoms with Gasteiger partial charge in [0.25, 0.3) is 0 Å². The third-order valence-corrected chi connectivity index (χ3v) is 4.65. The van der Waals surface area contributed by atoms with E-state index < -0.39 is 4.01 Å². The van der Waals surface area contributed by atoms with Crippen LogP contribution < -0.4 is 0 Å². The Hall–Kier alpha value is 1.39. The van der Waals surface area contributed by atoms with E-state index in [-0.39, 0.29) is 0 Å². The van der Waals surface area contributed by atoms with Gasteiger partial charge < -0.3 is 0 Å². The van der Waals surface area contributed by atoms with Crippen molar-refractivity contribution in [2.75, 3.05) is 19.5 Å². The summed E-state index contributed by atoms with van der Waals surface area (Å²) in [5, 5.41) is 0. The van der Waals surface area contributed by atoms with Gasteiger partial charge in [-0.05, 0) is 0 Å². The molecule has 0 aliphatic carbocycles. The molecule has 0 spiro atoms. The Morgan fingerprint density at radius 3 is 1.62 bits per heavy atom. The molecule has 0 radical (unpaired) electrons. The van der Waals surface area contributed by atoms with E-state index in [4.69, 9.17) is 0 Å². The van der Waals surface area contributed by atoms with Gasteiger partial charge in [0.05, 0.1) is 0 Å². The van der Waals surface area contributed by atoms with Crippen LogP contribution in [0.4, 0.5) is 0 Å². The molecule has 0 saturated heterocycles. The standard InChI is InChI=1S/C5H13Br2P/c1-4-5-8(2,3,6)7/h4-5H2,1-3H3. The zero-order valence-corrected chi connectivity index (χ0v) is 9.68. The van der Waals surface area contributed by atoms with Crippen LogP contribution in [0.2, 0.25) is 0 Å². The van der Waals surface area contributed by atoms with Crippen molar-refractivity contribution in [2.24, 2.45) is 0 Å². The third-order valence-electron chi connectivity index (χ3n) is 0.840. The zero-order chi connectivity index (χ0) is 6.86. The summed E-state index contributed by atoms with van der Waals surface area (Å²) in [6.45, 7) is 6.72. The Balaban J connectivity index is 3.73. The first-order valence-corrected chi connectivity index (χ1v) is 10.1. The summed E-state index contributed by atoms with van der Waals surface area (Å²) in [5.74, 6) is 0. The topological polar surface area (TPSA) is 0 Å². The molecule has 0 aromatic carbocycles. The molecule has 0 heterocycles. The zero-order valence-electron chi connectivity index (χ0n) is 5.62. The molecule has 0 bridgehead atoms. The summed E-state index contributed by atoms with van der Waals surface area (Å²) in [6, 6.07) is 0. The molecule has 0 atom stereocenters. The number of rotatable bonds is 2. The molecular weight excluding hydrogens is 251 g/mol. The third kappa shape index (κ3) is 7.39. The van der Waals surface area contributed by atoms with Gasteiger partial charge in [0.1, 0.15) is 0 Å². The predicted octanol–water partition coefficient (Wildman–Crippen LogP) is 3.83. The Kier molecular flexibility index (Phi) is 3.00. The molecule has 0 aliphatic heterocycles. The maximum atomic E-state index is 3.69. The Morgan fingerprint density at radius 2 is 1.62 bits per heavy atom. The van der Waals surface area contributed by atoms with Crippen molar-refractivity contribution in [2.45, 2.75) is 13.3 Å². The summed E-state index contributed by atoms with van der Waals surface area (Å²) in [4.78, 5) is 0. The summed E-state index contributed by atoms with van der Waals surface area (Å²) in [6.07, 6.45) is 2.52. The first-order chi connectivity index (χ1) is 3.31. The van der Waals surface area contributed by atoms with Crippen LogP contribution in [0.5, 0.6) is 0 Å². The van der Waals surface area contributed by atoms with E-state index in [9.17, 15) is 0 Å². The summed E-state index contributed by atoms with van der Waals surface area (Å²) in [7, 11) is 0. The van der Waals surface area contributed by atoms with Crippen LogP contribution in [0.25, 0.3) is 0 Å². The van der Waals surface area contributed by atoms with E-state index in [0.717, 1.165) is 0 Å². The van der Waals surface area contributed by atoms with E-state index in [1.54, 1.807) is 0 Å². The minimum atomic E-state index is -1.48. The molecule has 0 unspecified atom stereocenters. The molecular formula is C5H13Br2P. The Morgan fingerprint density at radius 1 is 1.25 bits per heavy atom. The first-order valence-electron chi connectivity index (χ1n) is 2.76. The van der Waals surface area contributed by atoms with E-state index in [1.807, 2.05) is 0 Å². The van der Waals surface area contributed by atoms with Gasteiger partial charge in [-0.2, -0.15) is 0 Å². The van der Waals surface area contributed by atoms with Crippen molar-refractivity contribution < 1.29 is 0 Å². The normalized spacial score (nSPS) is 17.4. The molecule has 3 heteroatoms. The van der Waals surface area contributed by atoms with E-state index in [0.29, 0.717) is 0 Å². The molecule has 0 nitrogen and oxygen atoms in total. The molecule has 52 valence electrons. The van der Waals surface area contributed by atoms with Gasteiger partial charge in [0.2, 0.25) is 0 Å². The van der Waals surface area contributed by atoms with Gasteiger partial charge in [0, 0.05) is 0 Å². The van der Waals surface area contributed by atoms with Gasteiger partial charge in [-0.25, -0.2) is 0 Å². The van der Waals surface area contributed by atoms with Crippen molar-refractivity contribution >= 4 is 35.0 Å². The van der Waals surface area contributed by atoms with Crippen LogP contribution in [0.15, 0.2) is 0 Å². The van der Waals surface area contributed by atoms with Crippen LogP contribution in [0.3, 0.4) is 0 Å². The van der Waals surface area contributed by atoms with E-state index >= 15 is 0 Å². The molecule has 0 fully saturated rings. The Labute approximate surface area is 67.8 Å². The van der Waals surface area contributed by atoms with Gasteiger partial charge in [0.15, 0.2) is 0 Å². The molecule has 0 aromatic heterocycles. The average molecular weight is 264 g/mol. The van der Waals surface area contributed by atoms with Gasteiger partial charge in [-0.3, -0.25) is 0 Å². The minimum absolute atomic E-state index is 1.25. The van der Waals surface area contributed by atoms with E-state index in [2.05, 4.69) is 51.2 Å². The summed E-state index contributed by atoms with van der Waals surface area (Å²) >= 11 is 7.38. The molecule has 0 amide bonds. The second-order valence-electron chi connectivity index (χ2n) is 2.78. The van der Waals surface area contributed by atoms with Crippen molar-refractivity contribution in [3.8, 4) is 0 Å². The van der Waals surface area contributed by atoms with Crippen LogP contribution in [0.1, 0.15) is 13.3 Å². The van der Waals surface area contributed by atoms with Crippen molar-refractivity contribution in [3.63, 3.8) is 0 Å². The van der Waals surface area contributed by atoms with Gasteiger partial charge in [-0.15, -0.1) is 0 Å². The van der Waals surface area contributed by atoms with E-state index in [1.165, 1.54) is 12.6 Å². The summed E-state index contributed by atoms with van der Waals surface area (Å²) < 4.78 is -1.48.